The maximum absolute atomic E-state index is 13.0. The van der Waals surface area contributed by atoms with Crippen LogP contribution in [-0.4, -0.2) is 29.2 Å². The number of fused-ring (bicyclic) bond motifs is 2. The van der Waals surface area contributed by atoms with Crippen LogP contribution < -0.4 is 20.3 Å². The molecule has 1 aliphatic rings. The number of ether oxygens (including phenoxy) is 2. The number of carbonyl (C=O) groups is 1. The zero-order chi connectivity index (χ0) is 23.2. The molecule has 0 spiro atoms. The number of nitrogens with zero attached hydrogens (tertiary/aromatic N) is 2. The lowest BCUT2D eigenvalue weighted by Crippen LogP contribution is -2.27. The summed E-state index contributed by atoms with van der Waals surface area (Å²) in [5.74, 6) is 1.94. The Morgan fingerprint density at radius 1 is 1.09 bits per heavy atom. The van der Waals surface area contributed by atoms with Crippen LogP contribution in [-0.2, 0) is 19.5 Å². The van der Waals surface area contributed by atoms with Gasteiger partial charge in [0.15, 0.2) is 11.5 Å². The smallest absolute Gasteiger partial charge is 0.261 e. The quantitative estimate of drug-likeness (QED) is 0.583. The van der Waals surface area contributed by atoms with Crippen LogP contribution in [0.2, 0.25) is 0 Å². The standard InChI is InChI=1S/C26H31N3O4/c1-3-14-33-22-12-9-18(15-23(22)32-2)17-27-25(30)19-10-11-20-21(16-19)28-24-8-6-4-5-7-13-29(24)26(20)31/h9-12,15-16H,3-8,13-14,17H2,1-2H3,(H,27,30). The van der Waals surface area contributed by atoms with Crippen LogP contribution in [0.5, 0.6) is 11.5 Å². The van der Waals surface area contributed by atoms with Crippen LogP contribution in [0.15, 0.2) is 41.2 Å². The summed E-state index contributed by atoms with van der Waals surface area (Å²) >= 11 is 0. The van der Waals surface area contributed by atoms with Gasteiger partial charge in [0, 0.05) is 25.1 Å². The van der Waals surface area contributed by atoms with E-state index in [1.54, 1.807) is 25.3 Å². The molecule has 0 unspecified atom stereocenters. The number of aryl methyl sites for hydroxylation is 1. The van der Waals surface area contributed by atoms with Crippen LogP contribution >= 0.6 is 0 Å². The second-order valence-corrected chi connectivity index (χ2v) is 8.40. The molecular weight excluding hydrogens is 418 g/mol. The van der Waals surface area contributed by atoms with E-state index in [0.29, 0.717) is 47.7 Å². The lowest BCUT2D eigenvalue weighted by molar-refractivity contribution is 0.0951. The predicted molar refractivity (Wildman–Crippen MR) is 128 cm³/mol. The fraction of sp³-hybridized carbons (Fsp3) is 0.423. The van der Waals surface area contributed by atoms with E-state index in [9.17, 15) is 9.59 Å². The number of benzene rings is 2. The van der Waals surface area contributed by atoms with Gasteiger partial charge in [0.1, 0.15) is 5.82 Å². The molecule has 0 saturated carbocycles. The Labute approximate surface area is 193 Å². The summed E-state index contributed by atoms with van der Waals surface area (Å²) < 4.78 is 12.9. The van der Waals surface area contributed by atoms with Crippen LogP contribution in [0.3, 0.4) is 0 Å². The molecule has 3 aromatic rings. The Morgan fingerprint density at radius 2 is 1.94 bits per heavy atom. The van der Waals surface area contributed by atoms with E-state index in [1.165, 1.54) is 0 Å². The molecule has 2 aromatic carbocycles. The van der Waals surface area contributed by atoms with Gasteiger partial charge in [0.05, 0.1) is 24.6 Å². The third kappa shape index (κ3) is 5.18. The molecule has 0 atom stereocenters. The second kappa shape index (κ2) is 10.5. The molecule has 0 aliphatic carbocycles. The molecule has 1 aromatic heterocycles. The van der Waals surface area contributed by atoms with Crippen LogP contribution in [0.4, 0.5) is 0 Å². The van der Waals surface area contributed by atoms with Crippen molar-refractivity contribution >= 4 is 16.8 Å². The number of nitrogens with one attached hydrogen (secondary N) is 1. The van der Waals surface area contributed by atoms with E-state index >= 15 is 0 Å². The fourth-order valence-corrected chi connectivity index (χ4v) is 4.17. The van der Waals surface area contributed by atoms with Crippen LogP contribution in [0, 0.1) is 0 Å². The van der Waals surface area contributed by atoms with Gasteiger partial charge in [-0.2, -0.15) is 0 Å². The van der Waals surface area contributed by atoms with Crippen molar-refractivity contribution in [1.82, 2.24) is 14.9 Å². The fourth-order valence-electron chi connectivity index (χ4n) is 4.17. The van der Waals surface area contributed by atoms with E-state index < -0.39 is 0 Å². The van der Waals surface area contributed by atoms with Crippen molar-refractivity contribution in [2.45, 2.75) is 58.5 Å². The average Bonchev–Trinajstić information content (AvgIpc) is 2.82. The number of amides is 1. The van der Waals surface area contributed by atoms with E-state index in [-0.39, 0.29) is 11.5 Å². The zero-order valence-corrected chi connectivity index (χ0v) is 19.4. The van der Waals surface area contributed by atoms with E-state index in [2.05, 4.69) is 5.32 Å². The highest BCUT2D eigenvalue weighted by Crippen LogP contribution is 2.28. The molecule has 7 nitrogen and oxygen atoms in total. The molecule has 0 radical (unpaired) electrons. The van der Waals surface area contributed by atoms with Crippen molar-refractivity contribution < 1.29 is 14.3 Å². The highest BCUT2D eigenvalue weighted by molar-refractivity contribution is 5.97. The summed E-state index contributed by atoms with van der Waals surface area (Å²) in [6.07, 6.45) is 6.04. The number of methoxy groups -OCH3 is 1. The number of rotatable bonds is 7. The van der Waals surface area contributed by atoms with E-state index in [0.717, 1.165) is 49.9 Å². The Morgan fingerprint density at radius 3 is 2.76 bits per heavy atom. The van der Waals surface area contributed by atoms with Crippen molar-refractivity contribution in [2.75, 3.05) is 13.7 Å². The molecule has 1 aliphatic heterocycles. The first-order valence-corrected chi connectivity index (χ1v) is 11.7. The van der Waals surface area contributed by atoms with Crippen molar-refractivity contribution in [3.63, 3.8) is 0 Å². The summed E-state index contributed by atoms with van der Waals surface area (Å²) in [5.41, 5.74) is 1.96. The molecule has 1 amide bonds. The van der Waals surface area contributed by atoms with Crippen LogP contribution in [0.25, 0.3) is 10.9 Å². The predicted octanol–water partition coefficient (Wildman–Crippen LogP) is 4.24. The van der Waals surface area contributed by atoms with Gasteiger partial charge >= 0.3 is 0 Å². The molecule has 1 N–H and O–H groups in total. The first kappa shape index (κ1) is 22.8. The van der Waals surface area contributed by atoms with Crippen molar-refractivity contribution in [3.05, 3.63) is 63.7 Å². The van der Waals surface area contributed by atoms with Gasteiger partial charge in [0.25, 0.3) is 11.5 Å². The maximum Gasteiger partial charge on any atom is 0.261 e. The first-order valence-electron chi connectivity index (χ1n) is 11.7. The normalized spacial score (nSPS) is 13.6. The minimum absolute atomic E-state index is 0.0127. The minimum Gasteiger partial charge on any atom is -0.493 e. The topological polar surface area (TPSA) is 82.5 Å². The SMILES string of the molecule is CCCOc1ccc(CNC(=O)c2ccc3c(=O)n4c(nc3c2)CCCCCC4)cc1OC. The molecule has 4 rings (SSSR count). The summed E-state index contributed by atoms with van der Waals surface area (Å²) in [6.45, 7) is 3.73. The summed E-state index contributed by atoms with van der Waals surface area (Å²) in [7, 11) is 1.60. The molecular formula is C26H31N3O4. The van der Waals surface area contributed by atoms with Gasteiger partial charge in [-0.05, 0) is 55.2 Å². The van der Waals surface area contributed by atoms with E-state index in [1.807, 2.05) is 29.7 Å². The molecule has 2 heterocycles. The first-order chi connectivity index (χ1) is 16.1. The number of hydrogen-bond acceptors (Lipinski definition) is 5. The second-order valence-electron chi connectivity index (χ2n) is 8.40. The van der Waals surface area contributed by atoms with Gasteiger partial charge in [0.2, 0.25) is 0 Å². The van der Waals surface area contributed by atoms with Crippen molar-refractivity contribution in [1.29, 1.82) is 0 Å². The summed E-state index contributed by atoms with van der Waals surface area (Å²) in [6, 6.07) is 10.8. The third-order valence-corrected chi connectivity index (χ3v) is 5.97. The Bertz CT molecular complexity index is 1200. The van der Waals surface area contributed by atoms with Gasteiger partial charge in [-0.3, -0.25) is 14.2 Å². The van der Waals surface area contributed by atoms with E-state index in [4.69, 9.17) is 14.5 Å². The zero-order valence-electron chi connectivity index (χ0n) is 19.4. The number of carbonyl (C=O) groups excluding carboxylic acids is 1. The molecule has 0 fully saturated rings. The average molecular weight is 450 g/mol. The van der Waals surface area contributed by atoms with Crippen molar-refractivity contribution in [2.24, 2.45) is 0 Å². The Kier molecular flexibility index (Phi) is 7.27. The lowest BCUT2D eigenvalue weighted by atomic mass is 10.1. The lowest BCUT2D eigenvalue weighted by Gasteiger charge is -2.16. The van der Waals surface area contributed by atoms with Gasteiger partial charge in [-0.25, -0.2) is 4.98 Å². The van der Waals surface area contributed by atoms with Crippen molar-refractivity contribution in [3.8, 4) is 11.5 Å². The summed E-state index contributed by atoms with van der Waals surface area (Å²) in [5, 5.41) is 3.50. The Hall–Kier alpha value is -3.35. The summed E-state index contributed by atoms with van der Waals surface area (Å²) in [4.78, 5) is 30.6. The molecule has 0 saturated heterocycles. The maximum atomic E-state index is 13.0. The Balaban J connectivity index is 1.51. The van der Waals surface area contributed by atoms with Gasteiger partial charge < -0.3 is 14.8 Å². The third-order valence-electron chi connectivity index (χ3n) is 5.97. The van der Waals surface area contributed by atoms with Gasteiger partial charge in [-0.1, -0.05) is 25.8 Å². The molecule has 7 heteroatoms. The highest BCUT2D eigenvalue weighted by atomic mass is 16.5. The van der Waals surface area contributed by atoms with Crippen LogP contribution in [0.1, 0.15) is 60.8 Å². The molecule has 33 heavy (non-hydrogen) atoms. The number of aromatic nitrogens is 2. The minimum atomic E-state index is -0.212. The van der Waals surface area contributed by atoms with Gasteiger partial charge in [-0.15, -0.1) is 0 Å². The molecule has 174 valence electrons. The number of hydrogen-bond donors (Lipinski definition) is 1. The monoisotopic (exact) mass is 449 g/mol. The highest BCUT2D eigenvalue weighted by Gasteiger charge is 2.15. The largest absolute Gasteiger partial charge is 0.493 e. The molecule has 0 bridgehead atoms.